The van der Waals surface area contributed by atoms with Gasteiger partial charge in [0.05, 0.1) is 30.3 Å². The Bertz CT molecular complexity index is 952. The number of esters is 1. The summed E-state index contributed by atoms with van der Waals surface area (Å²) in [7, 11) is 0. The number of carbonyl (C=O) groups is 2. The summed E-state index contributed by atoms with van der Waals surface area (Å²) < 4.78 is 20.1. The van der Waals surface area contributed by atoms with Crippen LogP contribution in [0.1, 0.15) is 44.7 Å². The lowest BCUT2D eigenvalue weighted by molar-refractivity contribution is -0.139. The van der Waals surface area contributed by atoms with Crippen molar-refractivity contribution in [2.75, 3.05) is 6.61 Å². The van der Waals surface area contributed by atoms with Crippen LogP contribution in [0, 0.1) is 5.82 Å². The van der Waals surface area contributed by atoms with Gasteiger partial charge in [0.25, 0.3) is 0 Å². The van der Waals surface area contributed by atoms with E-state index in [1.807, 2.05) is 5.41 Å². The Morgan fingerprint density at radius 2 is 2.10 bits per heavy atom. The van der Waals surface area contributed by atoms with Crippen LogP contribution in [0.5, 0.6) is 0 Å². The normalized spacial score (nSPS) is 20.8. The third kappa shape index (κ3) is 3.94. The van der Waals surface area contributed by atoms with Crippen molar-refractivity contribution in [2.45, 2.75) is 45.2 Å². The third-order valence-electron chi connectivity index (χ3n) is 4.98. The Morgan fingerprint density at radius 1 is 1.34 bits per heavy atom. The van der Waals surface area contributed by atoms with Crippen molar-refractivity contribution >= 4 is 28.8 Å². The molecule has 29 heavy (non-hydrogen) atoms. The van der Waals surface area contributed by atoms with Crippen LogP contribution >= 0.6 is 11.8 Å². The van der Waals surface area contributed by atoms with Crippen molar-refractivity contribution in [1.29, 1.82) is 0 Å². The highest BCUT2D eigenvalue weighted by molar-refractivity contribution is 8.16. The first-order chi connectivity index (χ1) is 14.0. The molecule has 1 aromatic rings. The first-order valence-electron chi connectivity index (χ1n) is 9.65. The van der Waals surface area contributed by atoms with E-state index in [9.17, 15) is 14.0 Å². The Hall–Kier alpha value is -2.61. The molecule has 0 bridgehead atoms. The minimum Gasteiger partial charge on any atom is -0.463 e. The fourth-order valence-electron chi connectivity index (χ4n) is 3.50. The zero-order chi connectivity index (χ0) is 20.5. The summed E-state index contributed by atoms with van der Waals surface area (Å²) in [5.74, 6) is -1.04. The van der Waals surface area contributed by atoms with Gasteiger partial charge in [-0.25, -0.2) is 14.2 Å². The molecule has 0 saturated heterocycles. The van der Waals surface area contributed by atoms with E-state index in [0.29, 0.717) is 22.1 Å². The number of amides is 1. The molecular weight excluding hydrogens is 393 g/mol. The van der Waals surface area contributed by atoms with Gasteiger partial charge in [-0.3, -0.25) is 4.79 Å². The lowest BCUT2D eigenvalue weighted by Gasteiger charge is -2.36. The van der Waals surface area contributed by atoms with E-state index in [1.165, 1.54) is 17.8 Å². The molecule has 4 rings (SSSR count). The minimum atomic E-state index is -0.738. The zero-order valence-corrected chi connectivity index (χ0v) is 17.1. The lowest BCUT2D eigenvalue weighted by atomic mass is 9.93. The SMILES string of the molecule is CCOC(=O)C1=C(C)N=C2SC=C(CC(=O)NC3CC3)N2C1c1ccccc1F. The maximum Gasteiger partial charge on any atom is 0.338 e. The number of hydrogen-bond acceptors (Lipinski definition) is 6. The van der Waals surface area contributed by atoms with Crippen LogP contribution in [0.4, 0.5) is 4.39 Å². The highest BCUT2D eigenvalue weighted by atomic mass is 32.2. The summed E-state index contributed by atoms with van der Waals surface area (Å²) in [6.07, 6.45) is 2.15. The van der Waals surface area contributed by atoms with Crippen molar-refractivity contribution in [1.82, 2.24) is 10.2 Å². The smallest absolute Gasteiger partial charge is 0.338 e. The predicted octanol–water partition coefficient (Wildman–Crippen LogP) is 3.63. The lowest BCUT2D eigenvalue weighted by Crippen LogP contribution is -2.38. The Balaban J connectivity index is 1.73. The van der Waals surface area contributed by atoms with Gasteiger partial charge in [0.1, 0.15) is 5.82 Å². The highest BCUT2D eigenvalue weighted by Crippen LogP contribution is 2.45. The number of thioether (sulfide) groups is 1. The molecule has 1 N–H and O–H groups in total. The topological polar surface area (TPSA) is 71.0 Å². The van der Waals surface area contributed by atoms with Crippen molar-refractivity contribution in [2.24, 2.45) is 4.99 Å². The van der Waals surface area contributed by atoms with E-state index in [4.69, 9.17) is 4.74 Å². The maximum atomic E-state index is 14.8. The van der Waals surface area contributed by atoms with Crippen molar-refractivity contribution in [3.63, 3.8) is 0 Å². The van der Waals surface area contributed by atoms with Crippen LogP contribution < -0.4 is 5.32 Å². The molecule has 1 atom stereocenters. The van der Waals surface area contributed by atoms with E-state index < -0.39 is 17.8 Å². The standard InChI is InChI=1S/C21H22FN3O3S/c1-3-28-20(27)18-12(2)23-21-25(19(18)15-6-4-5-7-16(15)22)14(11-29-21)10-17(26)24-13-8-9-13/h4-7,11,13,19H,3,8-10H2,1-2H3,(H,24,26). The van der Waals surface area contributed by atoms with Gasteiger partial charge in [-0.1, -0.05) is 30.0 Å². The van der Waals surface area contributed by atoms with Crippen LogP contribution in [0.2, 0.25) is 0 Å². The second kappa shape index (κ2) is 8.02. The van der Waals surface area contributed by atoms with E-state index in [0.717, 1.165) is 12.8 Å². The Kier molecular flexibility index (Phi) is 5.45. The molecule has 1 amide bonds. The number of carbonyl (C=O) groups excluding carboxylic acids is 2. The first kappa shape index (κ1) is 19.7. The summed E-state index contributed by atoms with van der Waals surface area (Å²) in [6.45, 7) is 3.66. The van der Waals surface area contributed by atoms with Crippen molar-refractivity contribution in [3.8, 4) is 0 Å². The molecule has 1 saturated carbocycles. The van der Waals surface area contributed by atoms with Gasteiger partial charge in [0, 0.05) is 17.3 Å². The van der Waals surface area contributed by atoms with E-state index >= 15 is 0 Å². The number of nitrogens with zero attached hydrogens (tertiary/aromatic N) is 2. The summed E-state index contributed by atoms with van der Waals surface area (Å²) in [5.41, 5.74) is 1.82. The Morgan fingerprint density at radius 3 is 2.79 bits per heavy atom. The summed E-state index contributed by atoms with van der Waals surface area (Å²) >= 11 is 1.37. The minimum absolute atomic E-state index is 0.0863. The monoisotopic (exact) mass is 415 g/mol. The van der Waals surface area contributed by atoms with E-state index in [2.05, 4.69) is 10.3 Å². The summed E-state index contributed by atoms with van der Waals surface area (Å²) in [5, 5.41) is 5.44. The number of halogens is 1. The van der Waals surface area contributed by atoms with E-state index in [1.54, 1.807) is 36.9 Å². The zero-order valence-electron chi connectivity index (χ0n) is 16.3. The fraction of sp³-hybridized carbons (Fsp3) is 0.381. The second-order valence-electron chi connectivity index (χ2n) is 7.15. The number of nitrogens with one attached hydrogen (secondary N) is 1. The molecule has 2 aliphatic heterocycles. The Labute approximate surface area is 172 Å². The van der Waals surface area contributed by atoms with Gasteiger partial charge in [-0.2, -0.15) is 0 Å². The fourth-order valence-corrected chi connectivity index (χ4v) is 4.47. The average Bonchev–Trinajstić information content (AvgIpc) is 3.41. The van der Waals surface area contributed by atoms with Crippen LogP contribution in [-0.4, -0.2) is 34.6 Å². The van der Waals surface area contributed by atoms with Crippen LogP contribution in [-0.2, 0) is 14.3 Å². The molecule has 1 aliphatic carbocycles. The number of benzene rings is 1. The van der Waals surface area contributed by atoms with Crippen molar-refractivity contribution < 1.29 is 18.7 Å². The predicted molar refractivity (Wildman–Crippen MR) is 109 cm³/mol. The molecule has 8 heteroatoms. The molecule has 3 aliphatic rings. The third-order valence-corrected chi connectivity index (χ3v) is 5.87. The van der Waals surface area contributed by atoms with E-state index in [-0.39, 0.29) is 30.5 Å². The quantitative estimate of drug-likeness (QED) is 0.719. The number of allylic oxidation sites excluding steroid dienone is 1. The van der Waals surface area contributed by atoms with Gasteiger partial charge < -0.3 is 15.0 Å². The molecule has 6 nitrogen and oxygen atoms in total. The van der Waals surface area contributed by atoms with Gasteiger partial charge in [-0.05, 0) is 38.2 Å². The van der Waals surface area contributed by atoms with Crippen LogP contribution in [0.25, 0.3) is 0 Å². The number of hydrogen-bond donors (Lipinski definition) is 1. The molecule has 1 aromatic carbocycles. The van der Waals surface area contributed by atoms with Gasteiger partial charge in [0.2, 0.25) is 5.91 Å². The molecule has 0 aromatic heterocycles. The number of rotatable bonds is 6. The molecule has 0 radical (unpaired) electrons. The molecule has 1 unspecified atom stereocenters. The number of ether oxygens (including phenoxy) is 1. The van der Waals surface area contributed by atoms with Crippen LogP contribution in [0.3, 0.4) is 0 Å². The molecule has 0 spiro atoms. The van der Waals surface area contributed by atoms with Crippen molar-refractivity contribution in [3.05, 3.63) is 58.0 Å². The summed E-state index contributed by atoms with van der Waals surface area (Å²) in [4.78, 5) is 31.5. The van der Waals surface area contributed by atoms with Crippen LogP contribution in [0.15, 0.2) is 51.6 Å². The molecule has 2 heterocycles. The molecule has 1 fully saturated rings. The maximum absolute atomic E-state index is 14.8. The average molecular weight is 415 g/mol. The molecule has 152 valence electrons. The van der Waals surface area contributed by atoms with Gasteiger partial charge in [0.15, 0.2) is 5.17 Å². The number of amidine groups is 1. The molecular formula is C21H22FN3O3S. The van der Waals surface area contributed by atoms with Gasteiger partial charge >= 0.3 is 5.97 Å². The largest absolute Gasteiger partial charge is 0.463 e. The number of fused-ring (bicyclic) bond motifs is 1. The summed E-state index contributed by atoms with van der Waals surface area (Å²) in [6, 6.07) is 5.87. The first-order valence-corrected chi connectivity index (χ1v) is 10.5. The van der Waals surface area contributed by atoms with Gasteiger partial charge in [-0.15, -0.1) is 0 Å². The number of aliphatic imine (C=N–C) groups is 1. The second-order valence-corrected chi connectivity index (χ2v) is 7.99. The highest BCUT2D eigenvalue weighted by Gasteiger charge is 2.42.